The number of hydrogen-bond acceptors (Lipinski definition) is 2. The van der Waals surface area contributed by atoms with E-state index < -0.39 is 11.7 Å². The molecule has 0 bridgehead atoms. The number of halogens is 1. The van der Waals surface area contributed by atoms with E-state index in [1.807, 2.05) is 48.7 Å². The van der Waals surface area contributed by atoms with Crippen molar-refractivity contribution in [2.45, 2.75) is 20.4 Å². The summed E-state index contributed by atoms with van der Waals surface area (Å²) in [6.45, 7) is 4.74. The maximum atomic E-state index is 13.3. The minimum absolute atomic E-state index is 0.255. The molecule has 5 heteroatoms. The first-order chi connectivity index (χ1) is 11.6. The van der Waals surface area contributed by atoms with Crippen LogP contribution in [0.3, 0.4) is 0 Å². The van der Waals surface area contributed by atoms with Crippen LogP contribution in [0.1, 0.15) is 22.2 Å². The Balaban J connectivity index is 2.11. The van der Waals surface area contributed by atoms with Crippen molar-refractivity contribution in [1.29, 1.82) is 0 Å². The Morgan fingerprint density at radius 2 is 1.92 bits per heavy atom. The number of hydrogen-bond donors (Lipinski definition) is 0. The van der Waals surface area contributed by atoms with Gasteiger partial charge in [-0.1, -0.05) is 36.4 Å². The van der Waals surface area contributed by atoms with Gasteiger partial charge in [0.05, 0.1) is 5.69 Å². The summed E-state index contributed by atoms with van der Waals surface area (Å²) in [4.78, 5) is 18.3. The van der Waals surface area contributed by atoms with Gasteiger partial charge in [0, 0.05) is 17.0 Å². The predicted molar refractivity (Wildman–Crippen MR) is 94.4 cm³/mol. The molecule has 1 amide bonds. The maximum absolute atomic E-state index is 13.3. The van der Waals surface area contributed by atoms with Crippen LogP contribution in [0.5, 0.6) is 0 Å². The number of nitrogens with zero attached hydrogens (tertiary/aromatic N) is 2. The molecule has 1 aromatic heterocycles. The van der Waals surface area contributed by atoms with Crippen LogP contribution in [0.4, 0.5) is 4.39 Å². The number of rotatable bonds is 3. The van der Waals surface area contributed by atoms with Crippen LogP contribution in [-0.2, 0) is 6.54 Å². The summed E-state index contributed by atoms with van der Waals surface area (Å²) in [7, 11) is 0. The maximum Gasteiger partial charge on any atom is 0.279 e. The molecule has 0 saturated heterocycles. The summed E-state index contributed by atoms with van der Waals surface area (Å²) in [6.07, 6.45) is 0. The van der Waals surface area contributed by atoms with Gasteiger partial charge in [-0.2, -0.15) is 4.99 Å². The Morgan fingerprint density at radius 3 is 2.58 bits per heavy atom. The summed E-state index contributed by atoms with van der Waals surface area (Å²) in [5.74, 6) is -0.871. The Bertz CT molecular complexity index is 942. The van der Waals surface area contributed by atoms with E-state index in [0.717, 1.165) is 16.1 Å². The summed E-state index contributed by atoms with van der Waals surface area (Å²) in [5.41, 5.74) is 2.41. The average molecular weight is 340 g/mol. The van der Waals surface area contributed by atoms with E-state index in [9.17, 15) is 9.18 Å². The summed E-state index contributed by atoms with van der Waals surface area (Å²) in [6, 6.07) is 15.6. The fourth-order valence-electron chi connectivity index (χ4n) is 2.63. The van der Waals surface area contributed by atoms with Gasteiger partial charge in [0.25, 0.3) is 5.91 Å². The molecule has 3 nitrogen and oxygen atoms in total. The second-order valence-electron chi connectivity index (χ2n) is 5.33. The third-order valence-electron chi connectivity index (χ3n) is 3.71. The molecule has 122 valence electrons. The summed E-state index contributed by atoms with van der Waals surface area (Å²) in [5, 5.41) is 0. The SMILES string of the molecule is CCn1c(-c2ccccc2)c(C)sc1=NC(=O)c1cccc(F)c1. The number of carbonyl (C=O) groups is 1. The van der Waals surface area contributed by atoms with Gasteiger partial charge >= 0.3 is 0 Å². The first kappa shape index (κ1) is 16.3. The molecule has 0 aliphatic heterocycles. The van der Waals surface area contributed by atoms with Crippen LogP contribution in [0.25, 0.3) is 11.3 Å². The van der Waals surface area contributed by atoms with Crippen molar-refractivity contribution in [3.8, 4) is 11.3 Å². The number of amides is 1. The van der Waals surface area contributed by atoms with Gasteiger partial charge in [-0.25, -0.2) is 4.39 Å². The van der Waals surface area contributed by atoms with E-state index in [1.165, 1.54) is 29.5 Å². The Kier molecular flexibility index (Phi) is 4.71. The molecule has 0 fully saturated rings. The molecule has 3 aromatic rings. The third kappa shape index (κ3) is 3.21. The van der Waals surface area contributed by atoms with E-state index in [-0.39, 0.29) is 5.56 Å². The topological polar surface area (TPSA) is 34.4 Å². The lowest BCUT2D eigenvalue weighted by molar-refractivity contribution is 0.0997. The van der Waals surface area contributed by atoms with Gasteiger partial charge in [-0.15, -0.1) is 11.3 Å². The highest BCUT2D eigenvalue weighted by molar-refractivity contribution is 7.09. The zero-order valence-corrected chi connectivity index (χ0v) is 14.3. The van der Waals surface area contributed by atoms with E-state index >= 15 is 0 Å². The molecule has 0 unspecified atom stereocenters. The van der Waals surface area contributed by atoms with Crippen molar-refractivity contribution in [3.05, 3.63) is 75.7 Å². The molecule has 0 radical (unpaired) electrons. The zero-order valence-electron chi connectivity index (χ0n) is 13.5. The van der Waals surface area contributed by atoms with E-state index in [4.69, 9.17) is 0 Å². The fourth-order valence-corrected chi connectivity index (χ4v) is 3.69. The molecular weight excluding hydrogens is 323 g/mol. The Hall–Kier alpha value is -2.53. The van der Waals surface area contributed by atoms with Gasteiger partial charge in [-0.3, -0.25) is 4.79 Å². The van der Waals surface area contributed by atoms with Gasteiger partial charge in [0.15, 0.2) is 4.80 Å². The van der Waals surface area contributed by atoms with Crippen molar-refractivity contribution < 1.29 is 9.18 Å². The molecule has 24 heavy (non-hydrogen) atoms. The van der Waals surface area contributed by atoms with Crippen molar-refractivity contribution in [2.75, 3.05) is 0 Å². The minimum Gasteiger partial charge on any atom is -0.316 e. The van der Waals surface area contributed by atoms with Crippen molar-refractivity contribution in [3.63, 3.8) is 0 Å². The molecule has 1 heterocycles. The highest BCUT2D eigenvalue weighted by Gasteiger charge is 2.13. The lowest BCUT2D eigenvalue weighted by Crippen LogP contribution is -2.17. The standard InChI is InChI=1S/C19H17FN2OS/c1-3-22-17(14-8-5-4-6-9-14)13(2)24-19(22)21-18(23)15-10-7-11-16(20)12-15/h4-12H,3H2,1-2H3. The Morgan fingerprint density at radius 1 is 1.17 bits per heavy atom. The summed E-state index contributed by atoms with van der Waals surface area (Å²) >= 11 is 1.47. The van der Waals surface area contributed by atoms with Gasteiger partial charge in [0.2, 0.25) is 0 Å². The molecule has 0 atom stereocenters. The molecule has 0 spiro atoms. The first-order valence-electron chi connectivity index (χ1n) is 7.70. The number of aryl methyl sites for hydroxylation is 1. The van der Waals surface area contributed by atoms with Crippen LogP contribution < -0.4 is 4.80 Å². The Labute approximate surface area is 143 Å². The van der Waals surface area contributed by atoms with Crippen LogP contribution >= 0.6 is 11.3 Å². The minimum atomic E-state index is -0.438. The van der Waals surface area contributed by atoms with Crippen molar-refractivity contribution in [2.24, 2.45) is 4.99 Å². The van der Waals surface area contributed by atoms with Gasteiger partial charge in [-0.05, 0) is 37.6 Å². The largest absolute Gasteiger partial charge is 0.316 e. The first-order valence-corrected chi connectivity index (χ1v) is 8.52. The number of benzene rings is 2. The summed E-state index contributed by atoms with van der Waals surface area (Å²) < 4.78 is 15.3. The zero-order chi connectivity index (χ0) is 17.1. The second-order valence-corrected chi connectivity index (χ2v) is 6.51. The molecule has 0 N–H and O–H groups in total. The van der Waals surface area contributed by atoms with E-state index in [0.29, 0.717) is 11.3 Å². The fraction of sp³-hybridized carbons (Fsp3) is 0.158. The van der Waals surface area contributed by atoms with E-state index in [2.05, 4.69) is 4.99 Å². The second kappa shape index (κ2) is 6.93. The highest BCUT2D eigenvalue weighted by atomic mass is 32.1. The lowest BCUT2D eigenvalue weighted by atomic mass is 10.1. The van der Waals surface area contributed by atoms with Crippen LogP contribution in [0, 0.1) is 12.7 Å². The number of thiazole rings is 1. The molecule has 2 aromatic carbocycles. The smallest absolute Gasteiger partial charge is 0.279 e. The van der Waals surface area contributed by atoms with Crippen molar-refractivity contribution in [1.82, 2.24) is 4.57 Å². The number of aromatic nitrogens is 1. The molecular formula is C19H17FN2OS. The van der Waals surface area contributed by atoms with Crippen LogP contribution in [-0.4, -0.2) is 10.5 Å². The quantitative estimate of drug-likeness (QED) is 0.695. The van der Waals surface area contributed by atoms with E-state index in [1.54, 1.807) is 6.07 Å². The van der Waals surface area contributed by atoms with Crippen LogP contribution in [0.15, 0.2) is 59.6 Å². The molecule has 0 aliphatic rings. The molecule has 0 saturated carbocycles. The monoisotopic (exact) mass is 340 g/mol. The molecule has 3 rings (SSSR count). The lowest BCUT2D eigenvalue weighted by Gasteiger charge is -2.07. The third-order valence-corrected chi connectivity index (χ3v) is 4.70. The normalized spacial score (nSPS) is 11.7. The van der Waals surface area contributed by atoms with Crippen molar-refractivity contribution >= 4 is 17.2 Å². The highest BCUT2D eigenvalue weighted by Crippen LogP contribution is 2.25. The average Bonchev–Trinajstić information content (AvgIpc) is 2.90. The van der Waals surface area contributed by atoms with Crippen LogP contribution in [0.2, 0.25) is 0 Å². The predicted octanol–water partition coefficient (Wildman–Crippen LogP) is 4.43. The molecule has 0 aliphatic carbocycles. The van der Waals surface area contributed by atoms with Gasteiger partial charge < -0.3 is 4.57 Å². The number of carbonyl (C=O) groups excluding carboxylic acids is 1. The van der Waals surface area contributed by atoms with Gasteiger partial charge in [0.1, 0.15) is 5.82 Å².